The van der Waals surface area contributed by atoms with Crippen molar-refractivity contribution in [3.63, 3.8) is 0 Å². The molecule has 2 heteroatoms. The number of aliphatic hydroxyl groups is 1. The van der Waals surface area contributed by atoms with Crippen molar-refractivity contribution in [3.8, 4) is 0 Å². The molecule has 0 bridgehead atoms. The highest BCUT2D eigenvalue weighted by Gasteiger charge is 2.22. The molecule has 0 saturated heterocycles. The zero-order valence-corrected chi connectivity index (χ0v) is 19.9. The highest BCUT2D eigenvalue weighted by molar-refractivity contribution is 9.09. The summed E-state index contributed by atoms with van der Waals surface area (Å²) in [6.45, 7) is 6.07. The second-order valence-corrected chi connectivity index (χ2v) is 10.0. The SMILES string of the molecule is CCCCCCCCCCCCCCCCCCCCC(Br)C(C)(C)O. The van der Waals surface area contributed by atoms with Crippen molar-refractivity contribution in [1.29, 1.82) is 0 Å². The van der Waals surface area contributed by atoms with Gasteiger partial charge in [-0.25, -0.2) is 0 Å². The van der Waals surface area contributed by atoms with E-state index in [1.807, 2.05) is 13.8 Å². The Morgan fingerprint density at radius 2 is 0.846 bits per heavy atom. The maximum absolute atomic E-state index is 9.88. The molecular weight excluding hydrogens is 384 g/mol. The largest absolute Gasteiger partial charge is 0.389 e. The first-order chi connectivity index (χ1) is 12.5. The van der Waals surface area contributed by atoms with Crippen LogP contribution in [0.1, 0.15) is 143 Å². The zero-order valence-electron chi connectivity index (χ0n) is 18.3. The number of rotatable bonds is 20. The van der Waals surface area contributed by atoms with Gasteiger partial charge in [0.25, 0.3) is 0 Å². The van der Waals surface area contributed by atoms with Gasteiger partial charge in [0, 0.05) is 4.83 Å². The molecule has 0 aliphatic heterocycles. The second-order valence-electron chi connectivity index (χ2n) is 8.92. The second kappa shape index (κ2) is 18.8. The summed E-state index contributed by atoms with van der Waals surface area (Å²) >= 11 is 3.60. The van der Waals surface area contributed by atoms with Gasteiger partial charge in [-0.3, -0.25) is 0 Å². The molecule has 1 atom stereocenters. The maximum Gasteiger partial charge on any atom is 0.0716 e. The molecule has 1 nitrogen and oxygen atoms in total. The third-order valence-electron chi connectivity index (χ3n) is 5.58. The van der Waals surface area contributed by atoms with Crippen molar-refractivity contribution >= 4 is 15.9 Å². The Morgan fingerprint density at radius 3 is 1.12 bits per heavy atom. The summed E-state index contributed by atoms with van der Waals surface area (Å²) in [6, 6.07) is 0. The predicted octanol–water partition coefficient (Wildman–Crippen LogP) is 8.95. The van der Waals surface area contributed by atoms with Crippen LogP contribution < -0.4 is 0 Å². The van der Waals surface area contributed by atoms with Crippen molar-refractivity contribution in [2.75, 3.05) is 0 Å². The Bertz CT molecular complexity index is 272. The summed E-state index contributed by atoms with van der Waals surface area (Å²) in [5.41, 5.74) is -0.589. The van der Waals surface area contributed by atoms with E-state index in [0.29, 0.717) is 0 Å². The van der Waals surface area contributed by atoms with Gasteiger partial charge in [0.15, 0.2) is 0 Å². The van der Waals surface area contributed by atoms with Crippen molar-refractivity contribution in [2.24, 2.45) is 0 Å². The lowest BCUT2D eigenvalue weighted by atomic mass is 9.99. The fraction of sp³-hybridized carbons (Fsp3) is 1.00. The van der Waals surface area contributed by atoms with Gasteiger partial charge >= 0.3 is 0 Å². The molecule has 0 aliphatic carbocycles. The molecule has 0 fully saturated rings. The lowest BCUT2D eigenvalue weighted by Gasteiger charge is -2.23. The van der Waals surface area contributed by atoms with Crippen LogP contribution in [0.3, 0.4) is 0 Å². The van der Waals surface area contributed by atoms with Gasteiger partial charge in [-0.2, -0.15) is 0 Å². The molecule has 0 saturated carbocycles. The lowest BCUT2D eigenvalue weighted by molar-refractivity contribution is 0.0766. The minimum Gasteiger partial charge on any atom is -0.389 e. The van der Waals surface area contributed by atoms with E-state index in [2.05, 4.69) is 22.9 Å². The van der Waals surface area contributed by atoms with Crippen molar-refractivity contribution in [1.82, 2.24) is 0 Å². The third kappa shape index (κ3) is 19.2. The smallest absolute Gasteiger partial charge is 0.0716 e. The molecule has 0 aromatic rings. The van der Waals surface area contributed by atoms with Crippen LogP contribution in [0.2, 0.25) is 0 Å². The van der Waals surface area contributed by atoms with E-state index < -0.39 is 5.60 Å². The first-order valence-electron chi connectivity index (χ1n) is 11.8. The molecular formula is C24H49BrO. The predicted molar refractivity (Wildman–Crippen MR) is 122 cm³/mol. The Hall–Kier alpha value is 0.440. The number of unbranched alkanes of at least 4 members (excludes halogenated alkanes) is 17. The number of halogens is 1. The Kier molecular flexibility index (Phi) is 19.1. The summed E-state index contributed by atoms with van der Waals surface area (Å²) < 4.78 is 0. The molecule has 0 heterocycles. The molecule has 0 aromatic carbocycles. The van der Waals surface area contributed by atoms with Gasteiger partial charge in [-0.1, -0.05) is 138 Å². The molecule has 0 aliphatic rings. The Balaban J connectivity index is 3.09. The molecule has 1 unspecified atom stereocenters. The highest BCUT2D eigenvalue weighted by Crippen LogP contribution is 2.23. The number of hydrogen-bond donors (Lipinski definition) is 1. The monoisotopic (exact) mass is 432 g/mol. The summed E-state index contributed by atoms with van der Waals surface area (Å²) in [5, 5.41) is 9.88. The summed E-state index contributed by atoms with van der Waals surface area (Å²) in [6.07, 6.45) is 26.6. The highest BCUT2D eigenvalue weighted by atomic mass is 79.9. The van der Waals surface area contributed by atoms with E-state index in [-0.39, 0.29) is 4.83 Å². The van der Waals surface area contributed by atoms with Gasteiger partial charge in [-0.05, 0) is 20.3 Å². The summed E-state index contributed by atoms with van der Waals surface area (Å²) in [4.78, 5) is 0.232. The van der Waals surface area contributed by atoms with Crippen LogP contribution in [-0.2, 0) is 0 Å². The normalized spacial score (nSPS) is 13.3. The minimum atomic E-state index is -0.589. The summed E-state index contributed by atoms with van der Waals surface area (Å²) in [5.74, 6) is 0. The van der Waals surface area contributed by atoms with E-state index in [1.165, 1.54) is 116 Å². The molecule has 0 amide bonds. The number of hydrogen-bond acceptors (Lipinski definition) is 1. The molecule has 26 heavy (non-hydrogen) atoms. The van der Waals surface area contributed by atoms with Crippen LogP contribution in [0.15, 0.2) is 0 Å². The zero-order chi connectivity index (χ0) is 19.5. The quantitative estimate of drug-likeness (QED) is 0.150. The van der Waals surface area contributed by atoms with Gasteiger partial charge in [0.2, 0.25) is 0 Å². The average molecular weight is 434 g/mol. The molecule has 0 radical (unpaired) electrons. The van der Waals surface area contributed by atoms with E-state index in [4.69, 9.17) is 0 Å². The van der Waals surface area contributed by atoms with Gasteiger partial charge in [-0.15, -0.1) is 0 Å². The van der Waals surface area contributed by atoms with Crippen molar-refractivity contribution in [3.05, 3.63) is 0 Å². The average Bonchev–Trinajstić information content (AvgIpc) is 2.59. The Labute approximate surface area is 174 Å². The molecule has 1 N–H and O–H groups in total. The first-order valence-corrected chi connectivity index (χ1v) is 12.8. The van der Waals surface area contributed by atoms with Crippen LogP contribution in [0.5, 0.6) is 0 Å². The van der Waals surface area contributed by atoms with Crippen LogP contribution >= 0.6 is 15.9 Å². The van der Waals surface area contributed by atoms with E-state index in [9.17, 15) is 5.11 Å². The minimum absolute atomic E-state index is 0.232. The van der Waals surface area contributed by atoms with Crippen LogP contribution in [0.25, 0.3) is 0 Å². The first kappa shape index (κ1) is 26.4. The molecule has 158 valence electrons. The molecule has 0 spiro atoms. The van der Waals surface area contributed by atoms with Crippen molar-refractivity contribution in [2.45, 2.75) is 153 Å². The number of alkyl halides is 1. The third-order valence-corrected chi connectivity index (χ3v) is 7.16. The lowest BCUT2D eigenvalue weighted by Crippen LogP contribution is -2.31. The van der Waals surface area contributed by atoms with Gasteiger partial charge in [0.05, 0.1) is 5.60 Å². The van der Waals surface area contributed by atoms with Crippen LogP contribution in [-0.4, -0.2) is 15.5 Å². The fourth-order valence-electron chi connectivity index (χ4n) is 3.58. The van der Waals surface area contributed by atoms with Gasteiger partial charge < -0.3 is 5.11 Å². The molecule has 0 rings (SSSR count). The summed E-state index contributed by atoms with van der Waals surface area (Å²) in [7, 11) is 0. The topological polar surface area (TPSA) is 20.2 Å². The van der Waals surface area contributed by atoms with Crippen LogP contribution in [0, 0.1) is 0 Å². The Morgan fingerprint density at radius 1 is 0.577 bits per heavy atom. The maximum atomic E-state index is 9.88. The van der Waals surface area contributed by atoms with Gasteiger partial charge in [0.1, 0.15) is 0 Å². The van der Waals surface area contributed by atoms with Crippen molar-refractivity contribution < 1.29 is 5.11 Å². The van der Waals surface area contributed by atoms with E-state index >= 15 is 0 Å². The van der Waals surface area contributed by atoms with E-state index in [1.54, 1.807) is 0 Å². The standard InChI is InChI=1S/C24H49BrO/c1-4-5-6-7-8-9-10-11-12-13-14-15-16-17-18-19-20-21-22-23(25)24(2,3)26/h23,26H,4-22H2,1-3H3. The van der Waals surface area contributed by atoms with Crippen LogP contribution in [0.4, 0.5) is 0 Å². The van der Waals surface area contributed by atoms with E-state index in [0.717, 1.165) is 6.42 Å². The fourth-order valence-corrected chi connectivity index (χ4v) is 3.90. The molecule has 0 aromatic heterocycles.